The number of nitrogens with zero attached hydrogens (tertiary/aromatic N) is 4. The van der Waals surface area contributed by atoms with Gasteiger partial charge in [-0.2, -0.15) is 0 Å². The van der Waals surface area contributed by atoms with Crippen molar-refractivity contribution in [2.45, 2.75) is 11.9 Å². The highest BCUT2D eigenvalue weighted by Crippen LogP contribution is 2.31. The van der Waals surface area contributed by atoms with E-state index in [0.29, 0.717) is 21.6 Å². The fourth-order valence-electron chi connectivity index (χ4n) is 3.41. The number of hydrogen-bond acceptors (Lipinski definition) is 6. The van der Waals surface area contributed by atoms with Crippen LogP contribution in [0, 0.1) is 0 Å². The zero-order chi connectivity index (χ0) is 20.5. The summed E-state index contributed by atoms with van der Waals surface area (Å²) in [6.45, 7) is 0. The topological polar surface area (TPSA) is 70.0 Å². The molecule has 2 aliphatic rings. The fraction of sp³-hybridized carbons (Fsp3) is 0.0909. The highest BCUT2D eigenvalue weighted by molar-refractivity contribution is 8.13. The van der Waals surface area contributed by atoms with Gasteiger partial charge in [0.15, 0.2) is 11.3 Å². The van der Waals surface area contributed by atoms with Gasteiger partial charge in [-0.15, -0.1) is 5.10 Å². The summed E-state index contributed by atoms with van der Waals surface area (Å²) >= 11 is 7.69. The summed E-state index contributed by atoms with van der Waals surface area (Å²) in [5, 5.41) is 12.1. The normalized spacial score (nSPS) is 17.4. The minimum absolute atomic E-state index is 0.201. The first-order valence-electron chi connectivity index (χ1n) is 9.33. The summed E-state index contributed by atoms with van der Waals surface area (Å²) in [4.78, 5) is 22.0. The maximum atomic E-state index is 13.1. The molecule has 0 unspecified atom stereocenters. The van der Waals surface area contributed by atoms with Gasteiger partial charge in [-0.05, 0) is 29.8 Å². The van der Waals surface area contributed by atoms with Gasteiger partial charge in [0.25, 0.3) is 5.91 Å². The maximum absolute atomic E-state index is 13.1. The zero-order valence-electron chi connectivity index (χ0n) is 15.7. The average molecular weight is 434 g/mol. The van der Waals surface area contributed by atoms with E-state index in [1.807, 2.05) is 60.7 Å². The maximum Gasteiger partial charge on any atom is 0.276 e. The van der Waals surface area contributed by atoms with Gasteiger partial charge in [-0.3, -0.25) is 20.1 Å². The Morgan fingerprint density at radius 2 is 1.80 bits per heavy atom. The number of carbonyl (C=O) groups excluding carboxylic acids is 1. The highest BCUT2D eigenvalue weighted by atomic mass is 35.5. The summed E-state index contributed by atoms with van der Waals surface area (Å²) < 4.78 is 0. The Labute approximate surface area is 182 Å². The van der Waals surface area contributed by atoms with Crippen molar-refractivity contribution in [3.05, 3.63) is 99.8 Å². The number of benzene rings is 2. The van der Waals surface area contributed by atoms with E-state index in [0.717, 1.165) is 21.7 Å². The van der Waals surface area contributed by atoms with Crippen LogP contribution < -0.4 is 15.9 Å². The molecular weight excluding hydrogens is 418 g/mol. The molecule has 148 valence electrons. The molecule has 6 nitrogen and oxygen atoms in total. The average Bonchev–Trinajstić information content (AvgIpc) is 2.78. The number of nitrogens with one attached hydrogen (secondary N) is 1. The number of amidine groups is 1. The van der Waals surface area contributed by atoms with Crippen LogP contribution in [-0.2, 0) is 10.5 Å². The predicted molar refractivity (Wildman–Crippen MR) is 118 cm³/mol. The van der Waals surface area contributed by atoms with Crippen molar-refractivity contribution in [2.75, 3.05) is 0 Å². The van der Waals surface area contributed by atoms with Crippen molar-refractivity contribution in [3.8, 4) is 0 Å². The van der Waals surface area contributed by atoms with Crippen LogP contribution in [0.25, 0.3) is 5.70 Å². The largest absolute Gasteiger partial charge is 0.298 e. The van der Waals surface area contributed by atoms with Crippen LogP contribution >= 0.6 is 23.4 Å². The lowest BCUT2D eigenvalue weighted by Crippen LogP contribution is -2.50. The van der Waals surface area contributed by atoms with E-state index in [9.17, 15) is 4.79 Å². The fourth-order valence-corrected chi connectivity index (χ4v) is 4.54. The molecule has 0 radical (unpaired) electrons. The zero-order valence-corrected chi connectivity index (χ0v) is 17.3. The van der Waals surface area contributed by atoms with E-state index in [1.54, 1.807) is 17.4 Å². The molecule has 0 saturated heterocycles. The summed E-state index contributed by atoms with van der Waals surface area (Å²) in [5.74, 6) is 0.392. The van der Waals surface area contributed by atoms with Crippen molar-refractivity contribution in [3.63, 3.8) is 0 Å². The Hall–Kier alpha value is -3.16. The lowest BCUT2D eigenvalue weighted by Gasteiger charge is -2.34. The van der Waals surface area contributed by atoms with Gasteiger partial charge in [-0.25, -0.2) is 5.01 Å². The number of rotatable bonds is 3. The first-order chi connectivity index (χ1) is 14.7. The van der Waals surface area contributed by atoms with E-state index in [4.69, 9.17) is 21.7 Å². The van der Waals surface area contributed by atoms with Crippen molar-refractivity contribution in [1.82, 2.24) is 15.3 Å². The molecule has 5 rings (SSSR count). The van der Waals surface area contributed by atoms with Crippen LogP contribution in [0.2, 0.25) is 5.02 Å². The molecule has 3 heterocycles. The molecule has 1 aromatic heterocycles. The van der Waals surface area contributed by atoms with Gasteiger partial charge in [0.1, 0.15) is 5.70 Å². The summed E-state index contributed by atoms with van der Waals surface area (Å²) in [6.07, 6.45) is 2.98. The van der Waals surface area contributed by atoms with Crippen molar-refractivity contribution < 1.29 is 4.79 Å². The number of halogens is 1. The number of aromatic nitrogens is 1. The van der Waals surface area contributed by atoms with Gasteiger partial charge >= 0.3 is 0 Å². The van der Waals surface area contributed by atoms with Crippen LogP contribution in [0.1, 0.15) is 17.3 Å². The minimum atomic E-state index is -0.445. The third-order valence-corrected chi connectivity index (χ3v) is 6.12. The number of hydrazone groups is 1. The Bertz CT molecular complexity index is 1280. The molecule has 0 fully saturated rings. The molecule has 30 heavy (non-hydrogen) atoms. The van der Waals surface area contributed by atoms with Crippen LogP contribution in [0.3, 0.4) is 0 Å². The molecule has 8 heteroatoms. The van der Waals surface area contributed by atoms with E-state index in [2.05, 4.69) is 10.3 Å². The van der Waals surface area contributed by atoms with Gasteiger partial charge in [0.2, 0.25) is 0 Å². The lowest BCUT2D eigenvalue weighted by molar-refractivity contribution is -0.116. The van der Waals surface area contributed by atoms with Crippen molar-refractivity contribution in [1.29, 1.82) is 0 Å². The number of carbonyl (C=O) groups is 1. The standard InChI is InChI=1S/C22H16ClN5OS/c23-17-7-3-1-5-15(17)13-30-22-26-21(29)19-16-6-2-4-8-18(16)25-20(28(19)27-22)14-9-11-24-12-10-14/h1-12,20H,13H2,(H,26,27,29)/t20-/m1/s1. The highest BCUT2D eigenvalue weighted by Gasteiger charge is 2.34. The number of pyridine rings is 1. The SMILES string of the molecule is O=C1NC(SCc2ccccc2Cl)=NN2C1=c1ccccc1=N[C@H]2c1ccncc1. The molecule has 1 amide bonds. The Balaban J connectivity index is 1.56. The molecule has 1 atom stereocenters. The second kappa shape index (κ2) is 7.93. The Morgan fingerprint density at radius 1 is 1.03 bits per heavy atom. The second-order valence-corrected chi connectivity index (χ2v) is 8.10. The van der Waals surface area contributed by atoms with Crippen molar-refractivity contribution in [2.24, 2.45) is 10.1 Å². The number of thioether (sulfide) groups is 1. The van der Waals surface area contributed by atoms with E-state index in [-0.39, 0.29) is 5.91 Å². The van der Waals surface area contributed by atoms with Gasteiger partial charge in [0, 0.05) is 34.0 Å². The minimum Gasteiger partial charge on any atom is -0.298 e. The van der Waals surface area contributed by atoms with Crippen molar-refractivity contribution >= 4 is 40.1 Å². The number of fused-ring (bicyclic) bond motifs is 2. The van der Waals surface area contributed by atoms with E-state index < -0.39 is 6.17 Å². The molecule has 0 aliphatic carbocycles. The smallest absolute Gasteiger partial charge is 0.276 e. The molecule has 0 saturated carbocycles. The molecule has 3 aromatic rings. The number of para-hydroxylation sites is 1. The van der Waals surface area contributed by atoms with E-state index >= 15 is 0 Å². The first kappa shape index (κ1) is 18.8. The van der Waals surface area contributed by atoms with Gasteiger partial charge in [0.05, 0.1) is 5.36 Å². The summed E-state index contributed by atoms with van der Waals surface area (Å²) in [6, 6.07) is 19.0. The molecule has 0 bridgehead atoms. The molecule has 2 aromatic carbocycles. The van der Waals surface area contributed by atoms with Crippen LogP contribution in [0.4, 0.5) is 0 Å². The number of amides is 1. The quantitative estimate of drug-likeness (QED) is 0.689. The monoisotopic (exact) mass is 433 g/mol. The third kappa shape index (κ3) is 3.46. The van der Waals surface area contributed by atoms with Crippen LogP contribution in [0.5, 0.6) is 0 Å². The second-order valence-electron chi connectivity index (χ2n) is 6.73. The predicted octanol–water partition coefficient (Wildman–Crippen LogP) is 2.81. The van der Waals surface area contributed by atoms with Gasteiger partial charge < -0.3 is 0 Å². The lowest BCUT2D eigenvalue weighted by atomic mass is 10.1. The number of hydrogen-bond donors (Lipinski definition) is 1. The molecular formula is C22H16ClN5OS. The van der Waals surface area contributed by atoms with E-state index in [1.165, 1.54) is 11.8 Å². The van der Waals surface area contributed by atoms with Crippen LogP contribution in [-0.4, -0.2) is 21.1 Å². The molecule has 2 aliphatic heterocycles. The molecule has 0 spiro atoms. The third-order valence-electron chi connectivity index (χ3n) is 4.84. The molecule has 1 N–H and O–H groups in total. The first-order valence-corrected chi connectivity index (χ1v) is 10.7. The Kier molecular flexibility index (Phi) is 4.98. The summed E-state index contributed by atoms with van der Waals surface area (Å²) in [5.41, 5.74) is 2.38. The van der Waals surface area contributed by atoms with Gasteiger partial charge in [-0.1, -0.05) is 59.8 Å². The summed E-state index contributed by atoms with van der Waals surface area (Å²) in [7, 11) is 0. The van der Waals surface area contributed by atoms with Crippen LogP contribution in [0.15, 0.2) is 83.2 Å². The Morgan fingerprint density at radius 3 is 2.63 bits per heavy atom.